The third kappa shape index (κ3) is 2.16. The minimum absolute atomic E-state index is 0.536. The fourth-order valence-corrected chi connectivity index (χ4v) is 2.18. The molecule has 1 aliphatic rings. The average Bonchev–Trinajstić information content (AvgIpc) is 2.10. The number of ether oxygens (including phenoxy) is 1. The smallest absolute Gasteiger partial charge is 0.131 e. The van der Waals surface area contributed by atoms with Gasteiger partial charge in [-0.2, -0.15) is 0 Å². The Hall–Kier alpha value is -0.810. The number of aryl methyl sites for hydroxylation is 1. The number of anilines is 1. The Morgan fingerprint density at radius 1 is 1.57 bits per heavy atom. The maximum Gasteiger partial charge on any atom is 0.131 e. The molecule has 1 saturated heterocycles. The lowest BCUT2D eigenvalue weighted by atomic mass is 10.4. The molecule has 2 rings (SSSR count). The van der Waals surface area contributed by atoms with Crippen molar-refractivity contribution >= 4 is 17.6 Å². The number of hydrogen-bond donors (Lipinski definition) is 1. The molecule has 0 saturated carbocycles. The van der Waals surface area contributed by atoms with Crippen molar-refractivity contribution in [1.82, 2.24) is 9.97 Å². The highest BCUT2D eigenvalue weighted by Crippen LogP contribution is 2.27. The number of hydrogen-bond acceptors (Lipinski definition) is 5. The van der Waals surface area contributed by atoms with E-state index in [9.17, 15) is 0 Å². The fourth-order valence-electron chi connectivity index (χ4n) is 1.16. The van der Waals surface area contributed by atoms with E-state index in [2.05, 4.69) is 9.97 Å². The van der Waals surface area contributed by atoms with E-state index in [4.69, 9.17) is 10.5 Å². The quantitative estimate of drug-likeness (QED) is 0.759. The van der Waals surface area contributed by atoms with Crippen molar-refractivity contribution in [1.29, 1.82) is 0 Å². The summed E-state index contributed by atoms with van der Waals surface area (Å²) in [5, 5.41) is 1.50. The van der Waals surface area contributed by atoms with Crippen LogP contribution in [0.5, 0.6) is 0 Å². The SMILES string of the molecule is CCc1nc(N)cc(SC2COC2)n1. The summed E-state index contributed by atoms with van der Waals surface area (Å²) in [4.78, 5) is 8.52. The monoisotopic (exact) mass is 211 g/mol. The molecule has 0 unspecified atom stereocenters. The Kier molecular flexibility index (Phi) is 2.88. The molecule has 1 aromatic rings. The van der Waals surface area contributed by atoms with Crippen LogP contribution in [-0.2, 0) is 11.2 Å². The molecular weight excluding hydrogens is 198 g/mol. The lowest BCUT2D eigenvalue weighted by Gasteiger charge is -2.24. The second kappa shape index (κ2) is 4.14. The van der Waals surface area contributed by atoms with Gasteiger partial charge in [0.05, 0.1) is 18.5 Å². The molecule has 5 heteroatoms. The van der Waals surface area contributed by atoms with Crippen LogP contribution in [0.4, 0.5) is 5.82 Å². The number of thioether (sulfide) groups is 1. The molecule has 1 aromatic heterocycles. The zero-order chi connectivity index (χ0) is 9.97. The van der Waals surface area contributed by atoms with Gasteiger partial charge in [-0.3, -0.25) is 0 Å². The van der Waals surface area contributed by atoms with Gasteiger partial charge in [0.2, 0.25) is 0 Å². The van der Waals surface area contributed by atoms with Gasteiger partial charge in [0, 0.05) is 12.5 Å². The maximum atomic E-state index is 5.67. The summed E-state index contributed by atoms with van der Waals surface area (Å²) in [6.07, 6.45) is 0.819. The molecule has 0 amide bonds. The number of aromatic nitrogens is 2. The van der Waals surface area contributed by atoms with Gasteiger partial charge < -0.3 is 10.5 Å². The number of nitrogens with zero attached hydrogens (tertiary/aromatic N) is 2. The second-order valence-electron chi connectivity index (χ2n) is 3.18. The summed E-state index contributed by atoms with van der Waals surface area (Å²) >= 11 is 1.72. The largest absolute Gasteiger partial charge is 0.384 e. The molecule has 2 N–H and O–H groups in total. The predicted molar refractivity (Wildman–Crippen MR) is 56.3 cm³/mol. The van der Waals surface area contributed by atoms with Crippen molar-refractivity contribution < 1.29 is 4.74 Å². The van der Waals surface area contributed by atoms with Crippen molar-refractivity contribution in [3.63, 3.8) is 0 Å². The van der Waals surface area contributed by atoms with E-state index in [1.807, 2.05) is 13.0 Å². The number of rotatable bonds is 3. The Bertz CT molecular complexity index is 328. The first-order valence-electron chi connectivity index (χ1n) is 4.65. The molecule has 1 fully saturated rings. The Balaban J connectivity index is 2.11. The number of nitrogens with two attached hydrogens (primary N) is 1. The van der Waals surface area contributed by atoms with E-state index < -0.39 is 0 Å². The van der Waals surface area contributed by atoms with Gasteiger partial charge in [0.15, 0.2) is 0 Å². The van der Waals surface area contributed by atoms with Crippen LogP contribution in [0.25, 0.3) is 0 Å². The molecule has 0 aliphatic carbocycles. The molecule has 0 spiro atoms. The lowest BCUT2D eigenvalue weighted by Crippen LogP contribution is -2.30. The van der Waals surface area contributed by atoms with Crippen LogP contribution >= 0.6 is 11.8 Å². The van der Waals surface area contributed by atoms with E-state index >= 15 is 0 Å². The summed E-state index contributed by atoms with van der Waals surface area (Å²) < 4.78 is 5.10. The van der Waals surface area contributed by atoms with Gasteiger partial charge in [-0.1, -0.05) is 18.7 Å². The van der Waals surface area contributed by atoms with Crippen LogP contribution in [0, 0.1) is 0 Å². The van der Waals surface area contributed by atoms with Gasteiger partial charge in [-0.15, -0.1) is 0 Å². The molecular formula is C9H13N3OS. The molecule has 0 radical (unpaired) electrons. The van der Waals surface area contributed by atoms with Gasteiger partial charge in [-0.25, -0.2) is 9.97 Å². The minimum atomic E-state index is 0.536. The average molecular weight is 211 g/mol. The molecule has 2 heterocycles. The first kappa shape index (κ1) is 9.73. The van der Waals surface area contributed by atoms with Gasteiger partial charge in [0.1, 0.15) is 16.7 Å². The molecule has 0 atom stereocenters. The topological polar surface area (TPSA) is 61.0 Å². The van der Waals surface area contributed by atoms with E-state index in [0.29, 0.717) is 11.1 Å². The van der Waals surface area contributed by atoms with Gasteiger partial charge in [-0.05, 0) is 0 Å². The van der Waals surface area contributed by atoms with Crippen LogP contribution in [0.2, 0.25) is 0 Å². The van der Waals surface area contributed by atoms with Crippen molar-refractivity contribution in [3.8, 4) is 0 Å². The summed E-state index contributed by atoms with van der Waals surface area (Å²) in [5.41, 5.74) is 5.67. The molecule has 14 heavy (non-hydrogen) atoms. The summed E-state index contributed by atoms with van der Waals surface area (Å²) in [6.45, 7) is 3.65. The molecule has 4 nitrogen and oxygen atoms in total. The highest BCUT2D eigenvalue weighted by molar-refractivity contribution is 8.00. The molecule has 1 aliphatic heterocycles. The third-order valence-electron chi connectivity index (χ3n) is 1.98. The Morgan fingerprint density at radius 2 is 2.36 bits per heavy atom. The minimum Gasteiger partial charge on any atom is -0.384 e. The first-order chi connectivity index (χ1) is 6.78. The maximum absolute atomic E-state index is 5.67. The fraction of sp³-hybridized carbons (Fsp3) is 0.556. The van der Waals surface area contributed by atoms with Crippen molar-refractivity contribution in [2.24, 2.45) is 0 Å². The highest BCUT2D eigenvalue weighted by Gasteiger charge is 2.20. The first-order valence-corrected chi connectivity index (χ1v) is 5.53. The normalized spacial score (nSPS) is 16.6. The van der Waals surface area contributed by atoms with Crippen LogP contribution in [0.1, 0.15) is 12.7 Å². The molecule has 76 valence electrons. The molecule has 0 aromatic carbocycles. The summed E-state index contributed by atoms with van der Waals surface area (Å²) in [7, 11) is 0. The van der Waals surface area contributed by atoms with E-state index in [1.165, 1.54) is 0 Å². The Morgan fingerprint density at radius 3 is 2.93 bits per heavy atom. The summed E-state index contributed by atoms with van der Waals surface area (Å²) in [5.74, 6) is 1.37. The second-order valence-corrected chi connectivity index (χ2v) is 4.50. The van der Waals surface area contributed by atoms with Crippen LogP contribution < -0.4 is 5.73 Å². The standard InChI is InChI=1S/C9H13N3OS/c1-2-8-11-7(10)3-9(12-8)14-6-4-13-5-6/h3,6H,2,4-5H2,1H3,(H2,10,11,12). The zero-order valence-corrected chi connectivity index (χ0v) is 8.88. The van der Waals surface area contributed by atoms with Crippen LogP contribution in [-0.4, -0.2) is 28.4 Å². The van der Waals surface area contributed by atoms with Crippen molar-refractivity contribution in [2.45, 2.75) is 23.6 Å². The van der Waals surface area contributed by atoms with Crippen LogP contribution in [0.3, 0.4) is 0 Å². The highest BCUT2D eigenvalue weighted by atomic mass is 32.2. The zero-order valence-electron chi connectivity index (χ0n) is 8.06. The van der Waals surface area contributed by atoms with Crippen molar-refractivity contribution in [2.75, 3.05) is 18.9 Å². The molecule has 0 bridgehead atoms. The van der Waals surface area contributed by atoms with E-state index in [-0.39, 0.29) is 0 Å². The third-order valence-corrected chi connectivity index (χ3v) is 3.04. The lowest BCUT2D eigenvalue weighted by molar-refractivity contribution is 0.0454. The predicted octanol–water partition coefficient (Wildman–Crippen LogP) is 1.11. The van der Waals surface area contributed by atoms with Crippen molar-refractivity contribution in [3.05, 3.63) is 11.9 Å². The van der Waals surface area contributed by atoms with Gasteiger partial charge >= 0.3 is 0 Å². The van der Waals surface area contributed by atoms with Crippen LogP contribution in [0.15, 0.2) is 11.1 Å². The van der Waals surface area contributed by atoms with E-state index in [0.717, 1.165) is 30.5 Å². The van der Waals surface area contributed by atoms with Gasteiger partial charge in [0.25, 0.3) is 0 Å². The van der Waals surface area contributed by atoms with E-state index in [1.54, 1.807) is 11.8 Å². The Labute approximate surface area is 87.3 Å². The summed E-state index contributed by atoms with van der Waals surface area (Å²) in [6, 6.07) is 1.82. The number of nitrogen functional groups attached to an aromatic ring is 1.